The summed E-state index contributed by atoms with van der Waals surface area (Å²) >= 11 is 0. The van der Waals surface area contributed by atoms with Crippen molar-refractivity contribution in [1.82, 2.24) is 14.9 Å². The van der Waals surface area contributed by atoms with E-state index in [0.717, 1.165) is 18.9 Å². The van der Waals surface area contributed by atoms with E-state index >= 15 is 0 Å². The Morgan fingerprint density at radius 1 is 1.27 bits per heavy atom. The molecule has 33 heavy (non-hydrogen) atoms. The van der Waals surface area contributed by atoms with Gasteiger partial charge < -0.3 is 25.0 Å². The normalized spacial score (nSPS) is 20.0. The molecular weight excluding hydrogens is 446 g/mol. The van der Waals surface area contributed by atoms with Crippen LogP contribution in [0.5, 0.6) is 5.75 Å². The molecule has 4 rings (SSSR count). The molecule has 0 radical (unpaired) electrons. The van der Waals surface area contributed by atoms with Crippen molar-refractivity contribution >= 4 is 23.4 Å². The van der Waals surface area contributed by atoms with Crippen LogP contribution in [0.3, 0.4) is 0 Å². The average Bonchev–Trinajstić information content (AvgIpc) is 3.10. The third-order valence-electron chi connectivity index (χ3n) is 5.54. The highest BCUT2D eigenvalue weighted by atomic mass is 19.4. The first-order valence-corrected chi connectivity index (χ1v) is 10.5. The Balaban J connectivity index is 1.60. The predicted octanol–water partition coefficient (Wildman–Crippen LogP) is 3.82. The first kappa shape index (κ1) is 23.0. The molecule has 2 saturated heterocycles. The van der Waals surface area contributed by atoms with Gasteiger partial charge in [-0.1, -0.05) is 0 Å². The standard InChI is InChI=1S/C21H23F4N5O3/c1-3-26-18-14(21(23,24)25)8-27-20(29-18)28-16-7-15(22)13(6-17(16)32-2)19(31)30-9-11-4-5-12(10-30)33-11/h6-8,11-12H,3-5,9-10H2,1-2H3,(H2,26,27,28,29)/t11-,12+. The van der Waals surface area contributed by atoms with E-state index in [1.807, 2.05) is 0 Å². The molecule has 1 aromatic heterocycles. The topological polar surface area (TPSA) is 88.6 Å². The highest BCUT2D eigenvalue weighted by Gasteiger charge is 2.37. The van der Waals surface area contributed by atoms with Crippen LogP contribution in [0.15, 0.2) is 18.3 Å². The summed E-state index contributed by atoms with van der Waals surface area (Å²) < 4.78 is 65.5. The Morgan fingerprint density at radius 3 is 2.58 bits per heavy atom. The maximum Gasteiger partial charge on any atom is 0.421 e. The second-order valence-electron chi connectivity index (χ2n) is 7.81. The summed E-state index contributed by atoms with van der Waals surface area (Å²) in [4.78, 5) is 22.1. The van der Waals surface area contributed by atoms with Crippen molar-refractivity contribution in [2.75, 3.05) is 37.4 Å². The average molecular weight is 469 g/mol. The molecule has 2 fully saturated rings. The molecule has 8 nitrogen and oxygen atoms in total. The first-order valence-electron chi connectivity index (χ1n) is 10.5. The number of hydrogen-bond donors (Lipinski definition) is 2. The Morgan fingerprint density at radius 2 is 1.97 bits per heavy atom. The zero-order valence-electron chi connectivity index (χ0n) is 18.0. The molecule has 0 saturated carbocycles. The third-order valence-corrected chi connectivity index (χ3v) is 5.54. The number of rotatable bonds is 6. The fraction of sp³-hybridized carbons (Fsp3) is 0.476. The lowest BCUT2D eigenvalue weighted by atomic mass is 10.1. The lowest BCUT2D eigenvalue weighted by molar-refractivity contribution is -0.137. The van der Waals surface area contributed by atoms with Gasteiger partial charge in [0, 0.05) is 31.9 Å². The number of likely N-dealkylation sites (tertiary alicyclic amines) is 1. The minimum absolute atomic E-state index is 0.0404. The summed E-state index contributed by atoms with van der Waals surface area (Å²) in [6, 6.07) is 2.29. The number of halogens is 4. The smallest absolute Gasteiger partial charge is 0.421 e. The number of fused-ring (bicyclic) bond motifs is 2. The van der Waals surface area contributed by atoms with Crippen LogP contribution in [-0.4, -0.2) is 59.7 Å². The molecule has 2 aromatic rings. The fourth-order valence-corrected chi connectivity index (χ4v) is 4.01. The maximum atomic E-state index is 14.9. The minimum atomic E-state index is -4.64. The number of nitrogens with one attached hydrogen (secondary N) is 2. The summed E-state index contributed by atoms with van der Waals surface area (Å²) in [6.45, 7) is 2.62. The molecule has 1 aromatic carbocycles. The first-order chi connectivity index (χ1) is 15.7. The van der Waals surface area contributed by atoms with Crippen molar-refractivity contribution < 1.29 is 31.8 Å². The van der Waals surface area contributed by atoms with Gasteiger partial charge in [0.15, 0.2) is 0 Å². The van der Waals surface area contributed by atoms with Crippen molar-refractivity contribution in [1.29, 1.82) is 0 Å². The van der Waals surface area contributed by atoms with E-state index in [9.17, 15) is 22.4 Å². The van der Waals surface area contributed by atoms with Crippen LogP contribution < -0.4 is 15.4 Å². The Kier molecular flexibility index (Phi) is 6.28. The van der Waals surface area contributed by atoms with Gasteiger partial charge in [-0.2, -0.15) is 18.2 Å². The molecule has 2 atom stereocenters. The van der Waals surface area contributed by atoms with Gasteiger partial charge in [-0.15, -0.1) is 0 Å². The molecule has 0 aliphatic carbocycles. The predicted molar refractivity (Wildman–Crippen MR) is 111 cm³/mol. The largest absolute Gasteiger partial charge is 0.495 e. The van der Waals surface area contributed by atoms with E-state index in [2.05, 4.69) is 20.6 Å². The monoisotopic (exact) mass is 469 g/mol. The van der Waals surface area contributed by atoms with E-state index < -0.39 is 29.3 Å². The number of alkyl halides is 3. The Labute approximate surface area is 187 Å². The van der Waals surface area contributed by atoms with Crippen molar-refractivity contribution in [2.24, 2.45) is 0 Å². The van der Waals surface area contributed by atoms with Crippen LogP contribution in [0.4, 0.5) is 35.0 Å². The molecule has 2 N–H and O–H groups in total. The number of ether oxygens (including phenoxy) is 2. The van der Waals surface area contributed by atoms with Crippen molar-refractivity contribution in [3.8, 4) is 5.75 Å². The Hall–Kier alpha value is -3.15. The number of benzene rings is 1. The number of amides is 1. The highest BCUT2D eigenvalue weighted by Crippen LogP contribution is 2.36. The van der Waals surface area contributed by atoms with Gasteiger partial charge >= 0.3 is 6.18 Å². The molecule has 12 heteroatoms. The zero-order valence-corrected chi connectivity index (χ0v) is 18.0. The minimum Gasteiger partial charge on any atom is -0.495 e. The molecule has 1 amide bonds. The second kappa shape index (κ2) is 9.00. The van der Waals surface area contributed by atoms with Crippen LogP contribution in [0, 0.1) is 5.82 Å². The van der Waals surface area contributed by atoms with Crippen molar-refractivity contribution in [3.63, 3.8) is 0 Å². The van der Waals surface area contributed by atoms with Gasteiger partial charge in [0.1, 0.15) is 22.9 Å². The SMILES string of the molecule is CCNc1nc(Nc2cc(F)c(C(=O)N3C[C@H]4CC[C@@H](C3)O4)cc2OC)ncc1C(F)(F)F. The number of hydrogen-bond acceptors (Lipinski definition) is 7. The summed E-state index contributed by atoms with van der Waals surface area (Å²) in [6.07, 6.45) is -2.35. The van der Waals surface area contributed by atoms with E-state index in [4.69, 9.17) is 9.47 Å². The number of morpholine rings is 1. The van der Waals surface area contributed by atoms with Crippen LogP contribution in [0.1, 0.15) is 35.7 Å². The summed E-state index contributed by atoms with van der Waals surface area (Å²) in [5.74, 6) is -1.76. The van der Waals surface area contributed by atoms with E-state index in [-0.39, 0.29) is 41.7 Å². The number of methoxy groups -OCH3 is 1. The van der Waals surface area contributed by atoms with Gasteiger partial charge in [-0.05, 0) is 25.8 Å². The second-order valence-corrected chi connectivity index (χ2v) is 7.81. The van der Waals surface area contributed by atoms with Crippen molar-refractivity contribution in [3.05, 3.63) is 35.3 Å². The van der Waals surface area contributed by atoms with Gasteiger partial charge in [0.2, 0.25) is 5.95 Å². The molecule has 2 aliphatic heterocycles. The van der Waals surface area contributed by atoms with Crippen LogP contribution in [0.25, 0.3) is 0 Å². The highest BCUT2D eigenvalue weighted by molar-refractivity contribution is 5.96. The molecule has 2 aliphatic rings. The van der Waals surface area contributed by atoms with Gasteiger partial charge in [0.05, 0.1) is 30.6 Å². The lowest BCUT2D eigenvalue weighted by Crippen LogP contribution is -2.46. The summed E-state index contributed by atoms with van der Waals surface area (Å²) in [5, 5.41) is 5.22. The van der Waals surface area contributed by atoms with Gasteiger partial charge in [-0.25, -0.2) is 9.37 Å². The summed E-state index contributed by atoms with van der Waals surface area (Å²) in [5.41, 5.74) is -1.12. The molecule has 178 valence electrons. The van der Waals surface area contributed by atoms with Crippen LogP contribution in [0.2, 0.25) is 0 Å². The van der Waals surface area contributed by atoms with Gasteiger partial charge in [0.25, 0.3) is 5.91 Å². The molecule has 3 heterocycles. The number of aromatic nitrogens is 2. The van der Waals surface area contributed by atoms with E-state index in [0.29, 0.717) is 19.3 Å². The number of carbonyl (C=O) groups is 1. The fourth-order valence-electron chi connectivity index (χ4n) is 4.01. The van der Waals surface area contributed by atoms with E-state index in [1.54, 1.807) is 11.8 Å². The lowest BCUT2D eigenvalue weighted by Gasteiger charge is -2.32. The van der Waals surface area contributed by atoms with Crippen molar-refractivity contribution in [2.45, 2.75) is 38.1 Å². The third kappa shape index (κ3) is 4.80. The summed E-state index contributed by atoms with van der Waals surface area (Å²) in [7, 11) is 1.33. The maximum absolute atomic E-state index is 14.9. The van der Waals surface area contributed by atoms with Crippen LogP contribution in [-0.2, 0) is 10.9 Å². The van der Waals surface area contributed by atoms with Crippen LogP contribution >= 0.6 is 0 Å². The molecule has 0 unspecified atom stereocenters. The molecule has 2 bridgehead atoms. The molecular formula is C21H23F4N5O3. The number of carbonyl (C=O) groups excluding carboxylic acids is 1. The van der Waals surface area contributed by atoms with Gasteiger partial charge in [-0.3, -0.25) is 4.79 Å². The van der Waals surface area contributed by atoms with E-state index in [1.165, 1.54) is 13.2 Å². The number of nitrogens with zero attached hydrogens (tertiary/aromatic N) is 3. The Bertz CT molecular complexity index is 1040. The molecule has 0 spiro atoms. The number of anilines is 3. The quantitative estimate of drug-likeness (QED) is 0.622. The zero-order chi connectivity index (χ0) is 23.8.